The van der Waals surface area contributed by atoms with Gasteiger partial charge in [-0.25, -0.2) is 0 Å². The van der Waals surface area contributed by atoms with Crippen LogP contribution in [-0.4, -0.2) is 12.6 Å². The molecule has 1 saturated carbocycles. The molecule has 14 heavy (non-hydrogen) atoms. The Bertz CT molecular complexity index is 153. The SMILES string of the molecule is CCC1CCCC1NCC(C)C(C)C. The van der Waals surface area contributed by atoms with Gasteiger partial charge in [0.15, 0.2) is 0 Å². The van der Waals surface area contributed by atoms with Crippen molar-refractivity contribution in [1.29, 1.82) is 0 Å². The smallest absolute Gasteiger partial charge is 0.00953 e. The minimum Gasteiger partial charge on any atom is -0.313 e. The summed E-state index contributed by atoms with van der Waals surface area (Å²) in [6.07, 6.45) is 5.65. The molecule has 1 fully saturated rings. The molecule has 0 spiro atoms. The zero-order valence-electron chi connectivity index (χ0n) is 10.3. The highest BCUT2D eigenvalue weighted by atomic mass is 14.9. The first-order valence-corrected chi connectivity index (χ1v) is 6.38. The van der Waals surface area contributed by atoms with Crippen molar-refractivity contribution in [3.63, 3.8) is 0 Å². The monoisotopic (exact) mass is 197 g/mol. The van der Waals surface area contributed by atoms with E-state index >= 15 is 0 Å². The van der Waals surface area contributed by atoms with E-state index in [-0.39, 0.29) is 0 Å². The van der Waals surface area contributed by atoms with Gasteiger partial charge in [-0.2, -0.15) is 0 Å². The van der Waals surface area contributed by atoms with E-state index in [2.05, 4.69) is 33.0 Å². The van der Waals surface area contributed by atoms with Crippen LogP contribution in [0.3, 0.4) is 0 Å². The number of rotatable bonds is 5. The molecule has 1 nitrogen and oxygen atoms in total. The van der Waals surface area contributed by atoms with E-state index in [1.165, 1.54) is 32.2 Å². The fourth-order valence-corrected chi connectivity index (χ4v) is 2.37. The Kier molecular flexibility index (Phi) is 4.94. The van der Waals surface area contributed by atoms with Crippen LogP contribution in [0, 0.1) is 17.8 Å². The van der Waals surface area contributed by atoms with Gasteiger partial charge in [-0.1, -0.05) is 40.5 Å². The lowest BCUT2D eigenvalue weighted by atomic mass is 9.96. The molecule has 0 aromatic carbocycles. The predicted molar refractivity (Wildman–Crippen MR) is 63.4 cm³/mol. The van der Waals surface area contributed by atoms with Gasteiger partial charge in [0.1, 0.15) is 0 Å². The fraction of sp³-hybridized carbons (Fsp3) is 1.00. The van der Waals surface area contributed by atoms with Gasteiger partial charge >= 0.3 is 0 Å². The van der Waals surface area contributed by atoms with E-state index < -0.39 is 0 Å². The molecule has 0 heterocycles. The van der Waals surface area contributed by atoms with Crippen LogP contribution < -0.4 is 5.32 Å². The average Bonchev–Trinajstić information content (AvgIpc) is 2.60. The molecule has 0 aliphatic heterocycles. The molecule has 1 heteroatoms. The molecule has 1 N–H and O–H groups in total. The zero-order valence-corrected chi connectivity index (χ0v) is 10.3. The lowest BCUT2D eigenvalue weighted by molar-refractivity contribution is 0.329. The minimum atomic E-state index is 0.809. The van der Waals surface area contributed by atoms with Gasteiger partial charge in [-0.15, -0.1) is 0 Å². The molecule has 1 rings (SSSR count). The Morgan fingerprint density at radius 3 is 2.50 bits per heavy atom. The first-order valence-electron chi connectivity index (χ1n) is 6.38. The van der Waals surface area contributed by atoms with Crippen molar-refractivity contribution >= 4 is 0 Å². The second-order valence-corrected chi connectivity index (χ2v) is 5.34. The van der Waals surface area contributed by atoms with Gasteiger partial charge in [0.25, 0.3) is 0 Å². The Balaban J connectivity index is 2.23. The summed E-state index contributed by atoms with van der Waals surface area (Å²) in [6, 6.07) is 0.821. The van der Waals surface area contributed by atoms with Crippen molar-refractivity contribution in [3.05, 3.63) is 0 Å². The molecule has 1 aliphatic carbocycles. The molecule has 0 aromatic heterocycles. The molecular formula is C13H27N. The van der Waals surface area contributed by atoms with E-state index in [4.69, 9.17) is 0 Å². The molecule has 0 aromatic rings. The van der Waals surface area contributed by atoms with Crippen molar-refractivity contribution < 1.29 is 0 Å². The summed E-state index contributed by atoms with van der Waals surface area (Å²) in [7, 11) is 0. The standard InChI is InChI=1S/C13H27N/c1-5-12-7-6-8-13(12)14-9-11(4)10(2)3/h10-14H,5-9H2,1-4H3. The van der Waals surface area contributed by atoms with Crippen LogP contribution in [0.1, 0.15) is 53.4 Å². The average molecular weight is 197 g/mol. The van der Waals surface area contributed by atoms with Crippen LogP contribution in [-0.2, 0) is 0 Å². The van der Waals surface area contributed by atoms with Crippen LogP contribution in [0.15, 0.2) is 0 Å². The fourth-order valence-electron chi connectivity index (χ4n) is 2.37. The molecular weight excluding hydrogens is 170 g/mol. The first-order chi connectivity index (χ1) is 6.65. The van der Waals surface area contributed by atoms with E-state index in [1.807, 2.05) is 0 Å². The lowest BCUT2D eigenvalue weighted by Crippen LogP contribution is -2.36. The maximum Gasteiger partial charge on any atom is 0.00953 e. The van der Waals surface area contributed by atoms with Gasteiger partial charge in [0, 0.05) is 6.04 Å². The van der Waals surface area contributed by atoms with E-state index in [0.29, 0.717) is 0 Å². The molecule has 0 saturated heterocycles. The van der Waals surface area contributed by atoms with Crippen LogP contribution in [0.25, 0.3) is 0 Å². The molecule has 3 atom stereocenters. The molecule has 3 unspecified atom stereocenters. The Hall–Kier alpha value is -0.0400. The third-order valence-corrected chi connectivity index (χ3v) is 4.02. The van der Waals surface area contributed by atoms with Gasteiger partial charge < -0.3 is 5.32 Å². The molecule has 0 bridgehead atoms. The second-order valence-electron chi connectivity index (χ2n) is 5.34. The van der Waals surface area contributed by atoms with Crippen LogP contribution in [0.5, 0.6) is 0 Å². The summed E-state index contributed by atoms with van der Waals surface area (Å²) in [5, 5.41) is 3.76. The van der Waals surface area contributed by atoms with Gasteiger partial charge in [-0.3, -0.25) is 0 Å². The number of nitrogens with one attached hydrogen (secondary N) is 1. The molecule has 0 amide bonds. The van der Waals surface area contributed by atoms with Crippen LogP contribution >= 0.6 is 0 Å². The summed E-state index contributed by atoms with van der Waals surface area (Å²) >= 11 is 0. The molecule has 0 radical (unpaired) electrons. The van der Waals surface area contributed by atoms with Crippen molar-refractivity contribution in [1.82, 2.24) is 5.32 Å². The van der Waals surface area contributed by atoms with Gasteiger partial charge in [0.2, 0.25) is 0 Å². The van der Waals surface area contributed by atoms with Gasteiger partial charge in [-0.05, 0) is 37.1 Å². The number of hydrogen-bond acceptors (Lipinski definition) is 1. The third kappa shape index (κ3) is 3.27. The Morgan fingerprint density at radius 2 is 1.93 bits per heavy atom. The quantitative estimate of drug-likeness (QED) is 0.712. The highest BCUT2D eigenvalue weighted by Crippen LogP contribution is 2.28. The van der Waals surface area contributed by atoms with Crippen molar-refractivity contribution in [2.75, 3.05) is 6.54 Å². The van der Waals surface area contributed by atoms with Crippen LogP contribution in [0.2, 0.25) is 0 Å². The number of hydrogen-bond donors (Lipinski definition) is 1. The highest BCUT2D eigenvalue weighted by molar-refractivity contribution is 4.82. The van der Waals surface area contributed by atoms with E-state index in [1.54, 1.807) is 0 Å². The normalized spacial score (nSPS) is 29.8. The Labute approximate surface area is 89.7 Å². The lowest BCUT2D eigenvalue weighted by Gasteiger charge is -2.23. The van der Waals surface area contributed by atoms with Crippen molar-refractivity contribution in [2.45, 2.75) is 59.4 Å². The summed E-state index contributed by atoms with van der Waals surface area (Å²) < 4.78 is 0. The van der Waals surface area contributed by atoms with Gasteiger partial charge in [0.05, 0.1) is 0 Å². The van der Waals surface area contributed by atoms with Crippen molar-refractivity contribution in [2.24, 2.45) is 17.8 Å². The molecule has 1 aliphatic rings. The summed E-state index contributed by atoms with van der Waals surface area (Å²) in [4.78, 5) is 0. The minimum absolute atomic E-state index is 0.809. The zero-order chi connectivity index (χ0) is 10.6. The van der Waals surface area contributed by atoms with E-state index in [9.17, 15) is 0 Å². The van der Waals surface area contributed by atoms with E-state index in [0.717, 1.165) is 23.8 Å². The second kappa shape index (κ2) is 5.75. The summed E-state index contributed by atoms with van der Waals surface area (Å²) in [5.74, 6) is 2.58. The largest absolute Gasteiger partial charge is 0.313 e. The van der Waals surface area contributed by atoms with Crippen LogP contribution in [0.4, 0.5) is 0 Å². The van der Waals surface area contributed by atoms with Crippen molar-refractivity contribution in [3.8, 4) is 0 Å². The summed E-state index contributed by atoms with van der Waals surface area (Å²) in [6.45, 7) is 10.5. The highest BCUT2D eigenvalue weighted by Gasteiger charge is 2.25. The Morgan fingerprint density at radius 1 is 1.21 bits per heavy atom. The first kappa shape index (κ1) is 12.0. The summed E-state index contributed by atoms with van der Waals surface area (Å²) in [5.41, 5.74) is 0. The maximum absolute atomic E-state index is 3.76. The third-order valence-electron chi connectivity index (χ3n) is 4.02. The topological polar surface area (TPSA) is 12.0 Å². The maximum atomic E-state index is 3.76. The molecule has 84 valence electrons. The predicted octanol–water partition coefficient (Wildman–Crippen LogP) is 3.45.